The van der Waals surface area contributed by atoms with Crippen molar-refractivity contribution in [2.24, 2.45) is 0 Å². The van der Waals surface area contributed by atoms with Crippen molar-refractivity contribution in [3.05, 3.63) is 96.3 Å². The third-order valence-corrected chi connectivity index (χ3v) is 8.71. The molecule has 1 saturated heterocycles. The van der Waals surface area contributed by atoms with Gasteiger partial charge in [0.15, 0.2) is 10.9 Å². The van der Waals surface area contributed by atoms with Crippen LogP contribution in [0.4, 0.5) is 0 Å². The normalized spacial score (nSPS) is 15.3. The van der Waals surface area contributed by atoms with Gasteiger partial charge in [-0.3, -0.25) is 14.2 Å². The molecule has 0 spiro atoms. The van der Waals surface area contributed by atoms with Crippen LogP contribution >= 0.6 is 11.8 Å². The molecule has 214 valence electrons. The molecular weight excluding hydrogens is 546 g/mol. The summed E-state index contributed by atoms with van der Waals surface area (Å²) in [6, 6.07) is 25.7. The zero-order valence-electron chi connectivity index (χ0n) is 23.8. The summed E-state index contributed by atoms with van der Waals surface area (Å²) in [6.07, 6.45) is 2.78. The lowest BCUT2D eigenvalue weighted by molar-refractivity contribution is -0.133. The largest absolute Gasteiger partial charge is 0.461 e. The van der Waals surface area contributed by atoms with E-state index in [1.807, 2.05) is 88.0 Å². The van der Waals surface area contributed by atoms with E-state index in [1.165, 1.54) is 5.56 Å². The van der Waals surface area contributed by atoms with E-state index >= 15 is 0 Å². The van der Waals surface area contributed by atoms with Crippen LogP contribution in [0.15, 0.2) is 94.7 Å². The molecule has 3 aromatic carbocycles. The van der Waals surface area contributed by atoms with E-state index in [0.29, 0.717) is 49.6 Å². The van der Waals surface area contributed by atoms with Crippen LogP contribution in [0.2, 0.25) is 0 Å². The maximum Gasteiger partial charge on any atom is 0.254 e. The van der Waals surface area contributed by atoms with E-state index in [4.69, 9.17) is 4.42 Å². The second-order valence-corrected chi connectivity index (χ2v) is 11.7. The number of rotatable bonds is 8. The fourth-order valence-electron chi connectivity index (χ4n) is 5.45. The number of nitrogens with zero attached hydrogens (tertiary/aromatic N) is 5. The molecule has 1 aliphatic rings. The van der Waals surface area contributed by atoms with Gasteiger partial charge in [-0.05, 0) is 61.4 Å². The fraction of sp³-hybridized carbons (Fsp3) is 0.273. The highest BCUT2D eigenvalue weighted by Crippen LogP contribution is 2.29. The molecule has 42 heavy (non-hydrogen) atoms. The topological polar surface area (TPSA) is 84.5 Å². The van der Waals surface area contributed by atoms with Crippen LogP contribution in [0.3, 0.4) is 0 Å². The number of hydrogen-bond donors (Lipinski definition) is 0. The van der Waals surface area contributed by atoms with Gasteiger partial charge in [-0.1, -0.05) is 65.9 Å². The zero-order chi connectivity index (χ0) is 29.1. The fourth-order valence-corrected chi connectivity index (χ4v) is 6.34. The third-order valence-electron chi connectivity index (χ3n) is 7.69. The van der Waals surface area contributed by atoms with Gasteiger partial charge >= 0.3 is 0 Å². The Balaban J connectivity index is 1.05. The number of aromatic nitrogens is 3. The van der Waals surface area contributed by atoms with Crippen molar-refractivity contribution in [3.8, 4) is 17.3 Å². The number of aryl methyl sites for hydroxylation is 1. The second-order valence-electron chi connectivity index (χ2n) is 10.6. The summed E-state index contributed by atoms with van der Waals surface area (Å²) in [5.41, 5.74) is 2.85. The number of fused-ring (bicyclic) bond motifs is 1. The van der Waals surface area contributed by atoms with Crippen LogP contribution in [-0.4, -0.2) is 67.8 Å². The molecule has 1 fully saturated rings. The van der Waals surface area contributed by atoms with E-state index in [0.717, 1.165) is 27.4 Å². The Bertz CT molecular complexity index is 1690. The van der Waals surface area contributed by atoms with Gasteiger partial charge in [-0.2, -0.15) is 0 Å². The van der Waals surface area contributed by atoms with Gasteiger partial charge in [-0.15, -0.1) is 10.2 Å². The van der Waals surface area contributed by atoms with Crippen molar-refractivity contribution in [2.45, 2.75) is 37.9 Å². The molecule has 0 aliphatic carbocycles. The maximum absolute atomic E-state index is 13.5. The van der Waals surface area contributed by atoms with Gasteiger partial charge in [-0.25, -0.2) is 0 Å². The van der Waals surface area contributed by atoms with Crippen LogP contribution in [0, 0.1) is 6.92 Å². The van der Waals surface area contributed by atoms with Crippen molar-refractivity contribution >= 4 is 34.3 Å². The SMILES string of the molecule is Cc1ccc(-n2c(SCCCC(=O)N3CCN(C(=O)c4cccc5ccccc45)C(C)C3)nnc2-c2ccco2)cc1. The third kappa shape index (κ3) is 5.69. The van der Waals surface area contributed by atoms with Crippen molar-refractivity contribution in [2.75, 3.05) is 25.4 Å². The van der Waals surface area contributed by atoms with Gasteiger partial charge in [0.05, 0.1) is 6.26 Å². The van der Waals surface area contributed by atoms with Gasteiger partial charge in [0.2, 0.25) is 11.7 Å². The molecule has 3 heterocycles. The maximum atomic E-state index is 13.5. The lowest BCUT2D eigenvalue weighted by atomic mass is 10.0. The number of benzene rings is 3. The number of furan rings is 1. The summed E-state index contributed by atoms with van der Waals surface area (Å²) in [5, 5.41) is 11.6. The highest BCUT2D eigenvalue weighted by atomic mass is 32.2. The van der Waals surface area contributed by atoms with Gasteiger partial charge < -0.3 is 14.2 Å². The summed E-state index contributed by atoms with van der Waals surface area (Å²) in [4.78, 5) is 30.4. The molecule has 6 rings (SSSR count). The van der Waals surface area contributed by atoms with E-state index in [1.54, 1.807) is 18.0 Å². The molecule has 0 N–H and O–H groups in total. The Kier molecular flexibility index (Phi) is 8.10. The standard InChI is InChI=1S/C33H33N5O3S/c1-23-14-16-26(17-15-23)38-31(29-12-6-20-41-29)34-35-33(38)42-21-7-13-30(39)36-18-19-37(24(2)22-36)32(40)28-11-5-9-25-8-3-4-10-27(25)28/h3-6,8-12,14-17,20,24H,7,13,18-19,21-22H2,1-2H3. The first kappa shape index (κ1) is 27.8. The smallest absolute Gasteiger partial charge is 0.254 e. The molecule has 0 radical (unpaired) electrons. The first-order valence-electron chi connectivity index (χ1n) is 14.3. The highest BCUT2D eigenvalue weighted by molar-refractivity contribution is 7.99. The molecule has 5 aromatic rings. The first-order chi connectivity index (χ1) is 20.5. The van der Waals surface area contributed by atoms with E-state index in [9.17, 15) is 9.59 Å². The van der Waals surface area contributed by atoms with Crippen LogP contribution in [-0.2, 0) is 4.79 Å². The Hall–Kier alpha value is -4.37. The highest BCUT2D eigenvalue weighted by Gasteiger charge is 2.30. The minimum atomic E-state index is -0.0587. The lowest BCUT2D eigenvalue weighted by Gasteiger charge is -2.40. The number of amides is 2. The van der Waals surface area contributed by atoms with Crippen molar-refractivity contribution in [1.29, 1.82) is 0 Å². The van der Waals surface area contributed by atoms with Crippen molar-refractivity contribution < 1.29 is 14.0 Å². The minimum absolute atomic E-state index is 0.0226. The summed E-state index contributed by atoms with van der Waals surface area (Å²) in [7, 11) is 0. The zero-order valence-corrected chi connectivity index (χ0v) is 24.6. The molecule has 0 saturated carbocycles. The molecule has 1 atom stereocenters. The summed E-state index contributed by atoms with van der Waals surface area (Å²) in [6.45, 7) is 5.68. The monoisotopic (exact) mass is 579 g/mol. The van der Waals surface area contributed by atoms with Gasteiger partial charge in [0.25, 0.3) is 5.91 Å². The first-order valence-corrected chi connectivity index (χ1v) is 15.2. The average Bonchev–Trinajstić information content (AvgIpc) is 3.69. The number of carbonyl (C=O) groups is 2. The summed E-state index contributed by atoms with van der Waals surface area (Å²) in [5.74, 6) is 2.17. The van der Waals surface area contributed by atoms with Crippen LogP contribution in [0.5, 0.6) is 0 Å². The van der Waals surface area contributed by atoms with Crippen LogP contribution < -0.4 is 0 Å². The summed E-state index contributed by atoms with van der Waals surface area (Å²) < 4.78 is 7.61. The van der Waals surface area contributed by atoms with Gasteiger partial charge in [0.1, 0.15) is 0 Å². The second kappa shape index (κ2) is 12.2. The quantitative estimate of drug-likeness (QED) is 0.160. The van der Waals surface area contributed by atoms with Crippen LogP contribution in [0.25, 0.3) is 28.0 Å². The van der Waals surface area contributed by atoms with Crippen molar-refractivity contribution in [3.63, 3.8) is 0 Å². The summed E-state index contributed by atoms with van der Waals surface area (Å²) >= 11 is 1.58. The minimum Gasteiger partial charge on any atom is -0.461 e. The molecule has 2 aromatic heterocycles. The lowest BCUT2D eigenvalue weighted by Crippen LogP contribution is -2.55. The molecule has 2 amide bonds. The molecule has 1 aliphatic heterocycles. The number of carbonyl (C=O) groups excluding carboxylic acids is 2. The molecule has 0 bridgehead atoms. The van der Waals surface area contributed by atoms with Crippen LogP contribution in [0.1, 0.15) is 35.7 Å². The Morgan fingerprint density at radius 3 is 2.55 bits per heavy atom. The Morgan fingerprint density at radius 2 is 1.76 bits per heavy atom. The molecule has 9 heteroatoms. The van der Waals surface area contributed by atoms with Gasteiger partial charge in [0, 0.05) is 49.1 Å². The average molecular weight is 580 g/mol. The number of hydrogen-bond acceptors (Lipinski definition) is 6. The molecular formula is C33H33N5O3S. The number of thioether (sulfide) groups is 1. The van der Waals surface area contributed by atoms with Crippen molar-refractivity contribution in [1.82, 2.24) is 24.6 Å². The molecule has 8 nitrogen and oxygen atoms in total. The van der Waals surface area contributed by atoms with E-state index < -0.39 is 0 Å². The molecule has 1 unspecified atom stereocenters. The van der Waals surface area contributed by atoms with E-state index in [2.05, 4.69) is 29.3 Å². The predicted molar refractivity (Wildman–Crippen MR) is 165 cm³/mol. The Morgan fingerprint density at radius 1 is 0.952 bits per heavy atom. The number of piperazine rings is 1. The Labute approximate surface area is 249 Å². The predicted octanol–water partition coefficient (Wildman–Crippen LogP) is 6.23. The van der Waals surface area contributed by atoms with E-state index in [-0.39, 0.29) is 17.9 Å².